The fourth-order valence-electron chi connectivity index (χ4n) is 0.728. The van der Waals surface area contributed by atoms with Crippen molar-refractivity contribution in [1.82, 2.24) is 0 Å². The van der Waals surface area contributed by atoms with Crippen LogP contribution in [0, 0.1) is 0 Å². The van der Waals surface area contributed by atoms with Crippen molar-refractivity contribution in [2.45, 2.75) is 25.9 Å². The largest absolute Gasteiger partial charge is 0.349 e. The topological polar surface area (TPSA) is 9.23 Å². The van der Waals surface area contributed by atoms with E-state index in [0.29, 0.717) is 0 Å². The second-order valence-corrected chi connectivity index (χ2v) is 2.59. The molecule has 0 rings (SSSR count). The summed E-state index contributed by atoms with van der Waals surface area (Å²) < 4.78 is 54.9. The Hall–Kier alpha value is -0.840. The lowest BCUT2D eigenvalue weighted by atomic mass is 10.1. The summed E-state index contributed by atoms with van der Waals surface area (Å²) in [5, 5.41) is 0. The molecule has 0 aliphatic carbocycles. The van der Waals surface area contributed by atoms with Gasteiger partial charge in [0.05, 0.1) is 0 Å². The normalized spacial score (nSPS) is 17.3. The fraction of sp³-hybridized carbons (Fsp3) is 0.556. The van der Waals surface area contributed by atoms with Crippen LogP contribution >= 0.6 is 0 Å². The smallest absolute Gasteiger partial charge is 0.234 e. The second kappa shape index (κ2) is 5.80. The van der Waals surface area contributed by atoms with Crippen LogP contribution in [0.2, 0.25) is 0 Å². The van der Waals surface area contributed by atoms with Crippen LogP contribution in [-0.4, -0.2) is 19.6 Å². The second-order valence-electron chi connectivity index (χ2n) is 2.59. The van der Waals surface area contributed by atoms with Crippen LogP contribution in [0.5, 0.6) is 0 Å². The minimum atomic E-state index is -2.39. The van der Waals surface area contributed by atoms with Crippen LogP contribution in [0.15, 0.2) is 23.8 Å². The zero-order valence-corrected chi connectivity index (χ0v) is 7.99. The summed E-state index contributed by atoms with van der Waals surface area (Å²) in [4.78, 5) is 0. The number of halogens is 4. The molecule has 2 atom stereocenters. The Labute approximate surface area is 80.1 Å². The van der Waals surface area contributed by atoms with Crippen LogP contribution in [0.3, 0.4) is 0 Å². The molecule has 0 fully saturated rings. The van der Waals surface area contributed by atoms with E-state index >= 15 is 0 Å². The SMILES string of the molecule is C=C(/C(F)=C(/F)CC)C(F)C(F)OC. The first-order valence-electron chi connectivity index (χ1n) is 3.99. The van der Waals surface area contributed by atoms with Crippen LogP contribution in [-0.2, 0) is 4.74 Å². The third-order valence-electron chi connectivity index (χ3n) is 1.62. The van der Waals surface area contributed by atoms with E-state index in [9.17, 15) is 17.6 Å². The Morgan fingerprint density at radius 2 is 1.86 bits per heavy atom. The Balaban J connectivity index is 4.63. The third-order valence-corrected chi connectivity index (χ3v) is 1.62. The Morgan fingerprint density at radius 1 is 1.36 bits per heavy atom. The van der Waals surface area contributed by atoms with Crippen molar-refractivity contribution in [3.8, 4) is 0 Å². The molecule has 0 amide bonds. The molecule has 0 aliphatic heterocycles. The van der Waals surface area contributed by atoms with Gasteiger partial charge in [0.15, 0.2) is 12.0 Å². The average molecular weight is 212 g/mol. The number of rotatable bonds is 5. The molecule has 5 heteroatoms. The third kappa shape index (κ3) is 3.14. The van der Waals surface area contributed by atoms with E-state index in [1.54, 1.807) is 0 Å². The van der Waals surface area contributed by atoms with Crippen LogP contribution in [0.25, 0.3) is 0 Å². The van der Waals surface area contributed by atoms with Gasteiger partial charge in [-0.25, -0.2) is 17.6 Å². The van der Waals surface area contributed by atoms with E-state index in [-0.39, 0.29) is 6.42 Å². The minimum absolute atomic E-state index is 0.235. The van der Waals surface area contributed by atoms with E-state index in [1.165, 1.54) is 6.92 Å². The van der Waals surface area contributed by atoms with Gasteiger partial charge in [-0.2, -0.15) is 0 Å². The minimum Gasteiger partial charge on any atom is -0.349 e. The summed E-state index contributed by atoms with van der Waals surface area (Å²) in [5.74, 6) is -2.60. The maximum atomic E-state index is 12.9. The van der Waals surface area contributed by atoms with Crippen molar-refractivity contribution in [2.75, 3.05) is 7.11 Å². The fourth-order valence-corrected chi connectivity index (χ4v) is 0.728. The highest BCUT2D eigenvalue weighted by Gasteiger charge is 2.27. The molecular formula is C9H12F4O. The maximum Gasteiger partial charge on any atom is 0.234 e. The van der Waals surface area contributed by atoms with Gasteiger partial charge in [0.1, 0.15) is 5.83 Å². The average Bonchev–Trinajstić information content (AvgIpc) is 2.23. The van der Waals surface area contributed by atoms with Gasteiger partial charge in [-0.15, -0.1) is 0 Å². The number of alkyl halides is 2. The first-order chi connectivity index (χ1) is 6.45. The van der Waals surface area contributed by atoms with Crippen molar-refractivity contribution in [3.05, 3.63) is 23.8 Å². The predicted molar refractivity (Wildman–Crippen MR) is 45.5 cm³/mol. The summed E-state index contributed by atoms with van der Waals surface area (Å²) in [7, 11) is 0.919. The van der Waals surface area contributed by atoms with Crippen molar-refractivity contribution in [1.29, 1.82) is 0 Å². The van der Waals surface area contributed by atoms with E-state index in [0.717, 1.165) is 7.11 Å². The molecule has 0 N–H and O–H groups in total. The maximum absolute atomic E-state index is 12.9. The molecule has 0 radical (unpaired) electrons. The van der Waals surface area contributed by atoms with Gasteiger partial charge in [0.2, 0.25) is 6.36 Å². The molecule has 0 saturated carbocycles. The lowest BCUT2D eigenvalue weighted by molar-refractivity contribution is -0.0487. The van der Waals surface area contributed by atoms with E-state index in [2.05, 4.69) is 11.3 Å². The Kier molecular flexibility index (Phi) is 5.45. The highest BCUT2D eigenvalue weighted by molar-refractivity contribution is 5.28. The molecule has 0 aromatic heterocycles. The lowest BCUT2D eigenvalue weighted by Crippen LogP contribution is -2.21. The van der Waals surface area contributed by atoms with Gasteiger partial charge in [0, 0.05) is 12.7 Å². The number of ether oxygens (including phenoxy) is 1. The first kappa shape index (κ1) is 13.2. The number of hydrogen-bond acceptors (Lipinski definition) is 1. The van der Waals surface area contributed by atoms with Crippen molar-refractivity contribution < 1.29 is 22.3 Å². The lowest BCUT2D eigenvalue weighted by Gasteiger charge is -2.13. The molecule has 0 aromatic rings. The molecular weight excluding hydrogens is 200 g/mol. The van der Waals surface area contributed by atoms with Gasteiger partial charge in [-0.05, 0) is 6.42 Å². The predicted octanol–water partition coefficient (Wildman–Crippen LogP) is 3.38. The first-order valence-corrected chi connectivity index (χ1v) is 3.99. The molecule has 0 aliphatic rings. The van der Waals surface area contributed by atoms with E-state index in [4.69, 9.17) is 0 Å². The van der Waals surface area contributed by atoms with Gasteiger partial charge >= 0.3 is 0 Å². The van der Waals surface area contributed by atoms with Crippen LogP contribution < -0.4 is 0 Å². The highest BCUT2D eigenvalue weighted by atomic mass is 19.2. The molecule has 2 unspecified atom stereocenters. The quantitative estimate of drug-likeness (QED) is 0.501. The number of methoxy groups -OCH3 is 1. The Morgan fingerprint density at radius 3 is 2.21 bits per heavy atom. The molecule has 1 nitrogen and oxygen atoms in total. The Bertz CT molecular complexity index is 237. The molecule has 0 spiro atoms. The molecule has 14 heavy (non-hydrogen) atoms. The molecule has 0 saturated heterocycles. The van der Waals surface area contributed by atoms with Gasteiger partial charge in [0.25, 0.3) is 0 Å². The molecule has 0 bridgehead atoms. The van der Waals surface area contributed by atoms with E-state index in [1.807, 2.05) is 0 Å². The van der Waals surface area contributed by atoms with Crippen LogP contribution in [0.1, 0.15) is 13.3 Å². The molecule has 0 heterocycles. The summed E-state index contributed by atoms with van der Waals surface area (Å²) in [6, 6.07) is 0. The molecule has 0 aromatic carbocycles. The zero-order valence-electron chi connectivity index (χ0n) is 7.99. The number of hydrogen-bond donors (Lipinski definition) is 0. The summed E-state index contributed by atoms with van der Waals surface area (Å²) >= 11 is 0. The standard InChI is InChI=1S/C9H12F4O/c1-4-6(10)7(11)5(2)8(12)9(13)14-3/h8-9H,2,4H2,1,3H3/b7-6-. The van der Waals surface area contributed by atoms with Gasteiger partial charge in [-0.3, -0.25) is 0 Å². The molecule has 82 valence electrons. The van der Waals surface area contributed by atoms with Crippen molar-refractivity contribution >= 4 is 0 Å². The zero-order chi connectivity index (χ0) is 11.3. The van der Waals surface area contributed by atoms with Gasteiger partial charge < -0.3 is 4.74 Å². The summed E-state index contributed by atoms with van der Waals surface area (Å²) in [6.45, 7) is 4.27. The summed E-state index contributed by atoms with van der Waals surface area (Å²) in [5.41, 5.74) is -0.876. The van der Waals surface area contributed by atoms with Crippen molar-refractivity contribution in [3.63, 3.8) is 0 Å². The highest BCUT2D eigenvalue weighted by Crippen LogP contribution is 2.25. The van der Waals surface area contributed by atoms with Gasteiger partial charge in [-0.1, -0.05) is 13.5 Å². The van der Waals surface area contributed by atoms with Crippen LogP contribution in [0.4, 0.5) is 17.6 Å². The number of allylic oxidation sites excluding steroid dienone is 2. The van der Waals surface area contributed by atoms with Crippen molar-refractivity contribution in [2.24, 2.45) is 0 Å². The summed E-state index contributed by atoms with van der Waals surface area (Å²) in [6.07, 6.45) is -4.96. The monoisotopic (exact) mass is 212 g/mol. The van der Waals surface area contributed by atoms with E-state index < -0.39 is 29.8 Å².